The molecule has 2 aromatic carbocycles. The summed E-state index contributed by atoms with van der Waals surface area (Å²) in [6, 6.07) is -8.28. The predicted octanol–water partition coefficient (Wildman–Crippen LogP) is -1.64. The van der Waals surface area contributed by atoms with Crippen LogP contribution in [0.1, 0.15) is 214 Å². The molecule has 0 spiro atoms. The van der Waals surface area contributed by atoms with Gasteiger partial charge < -0.3 is 127 Å². The summed E-state index contributed by atoms with van der Waals surface area (Å²) in [6.45, 7) is 12.1. The van der Waals surface area contributed by atoms with E-state index in [0.717, 1.165) is 21.6 Å². The van der Waals surface area contributed by atoms with Crippen LogP contribution in [0.25, 0.3) is 0 Å². The SMILES string of the molecule is CCCC[C@@H]1NC(=O)[C@@H](CCCCN)NC(=O)[C@H](CCCNC(=N)N)NC(=O)[C@H](CC(C)C)NC(=O)C(NC(=O)[C@H](Cc2cccc(Cl)c2)NC(=O)[C@@H]2CCCN2C(=O)[C@@H](NC(C)=O)C(C)C)CCSSC[C@@H](C(=O)NC(CCCCN)C(=O)N2CCC[C@H]2C(=O)N2CCC[C@H]2C(=O)N[C@@H](CCC(=O)O)C(N)=O)NC(=O)[C@H](Cc2ccccc2)NC(=O)[C@H](CO)NC(=O)C(C)(C)NC(=O)[C@@H]2CCCN2C1=O. The molecule has 2 aromatic rings. The Morgan fingerprint density at radius 2 is 1.12 bits per heavy atom. The van der Waals surface area contributed by atoms with Crippen molar-refractivity contribution >= 4 is 151 Å². The maximum absolute atomic E-state index is 15.7. The Hall–Kier alpha value is -11.5. The molecule has 782 valence electrons. The molecule has 5 saturated heterocycles. The van der Waals surface area contributed by atoms with Gasteiger partial charge in [-0.2, -0.15) is 0 Å². The minimum Gasteiger partial charge on any atom is -0.481 e. The number of aliphatic carboxylic acids is 1. The lowest BCUT2D eigenvalue weighted by atomic mass is 10.0. The quantitative estimate of drug-likeness (QED) is 0.0154. The van der Waals surface area contributed by atoms with Gasteiger partial charge in [0.2, 0.25) is 106 Å². The van der Waals surface area contributed by atoms with E-state index in [-0.39, 0.29) is 166 Å². The van der Waals surface area contributed by atoms with Crippen molar-refractivity contribution in [2.24, 2.45) is 34.8 Å². The molecule has 16 atom stereocenters. The molecule has 141 heavy (non-hydrogen) atoms. The van der Waals surface area contributed by atoms with E-state index in [0.29, 0.717) is 56.1 Å². The van der Waals surface area contributed by atoms with Gasteiger partial charge in [0.15, 0.2) is 5.96 Å². The number of nitrogens with two attached hydrogens (primary N) is 4. The second kappa shape index (κ2) is 58.2. The largest absolute Gasteiger partial charge is 0.481 e. The summed E-state index contributed by atoms with van der Waals surface area (Å²) >= 11 is 6.55. The van der Waals surface area contributed by atoms with Gasteiger partial charge in [-0.3, -0.25) is 96.5 Å². The number of nitrogens with zero attached hydrogens (tertiary/aromatic N) is 4. The number of carbonyl (C=O) groups is 19. The first kappa shape index (κ1) is 116. The number of guanidine groups is 1. The Morgan fingerprint density at radius 3 is 1.72 bits per heavy atom. The summed E-state index contributed by atoms with van der Waals surface area (Å²) in [5.74, 6) is -18.3. The molecule has 2 unspecified atom stereocenters. The van der Waals surface area contributed by atoms with E-state index < -0.39 is 251 Å². The van der Waals surface area contributed by atoms with E-state index in [2.05, 4.69) is 74.4 Å². The number of primary amides is 1. The molecular formula is C94H146ClN23O21S2. The zero-order valence-corrected chi connectivity index (χ0v) is 84.2. The number of carboxylic acid groups (broad SMARTS) is 1. The number of benzene rings is 2. The van der Waals surface area contributed by atoms with Crippen LogP contribution < -0.4 is 97.4 Å². The maximum Gasteiger partial charge on any atom is 0.303 e. The van der Waals surface area contributed by atoms with Crippen LogP contribution in [0.5, 0.6) is 0 Å². The normalized spacial score (nSPS) is 23.8. The molecule has 5 aliphatic heterocycles. The third-order valence-electron chi connectivity index (χ3n) is 25.3. The fraction of sp³-hybridized carbons (Fsp3) is 0.660. The maximum atomic E-state index is 15.7. The zero-order chi connectivity index (χ0) is 104. The smallest absolute Gasteiger partial charge is 0.303 e. The molecule has 25 N–H and O–H groups in total. The number of fused-ring (bicyclic) bond motifs is 1. The average Bonchev–Trinajstić information content (AvgIpc) is 1.65. The lowest BCUT2D eigenvalue weighted by molar-refractivity contribution is -0.148. The third kappa shape index (κ3) is 36.5. The van der Waals surface area contributed by atoms with Crippen LogP contribution >= 0.6 is 33.2 Å². The van der Waals surface area contributed by atoms with Crippen molar-refractivity contribution in [3.05, 3.63) is 70.7 Å². The Morgan fingerprint density at radius 1 is 0.567 bits per heavy atom. The fourth-order valence-corrected chi connectivity index (χ4v) is 20.1. The Bertz CT molecular complexity index is 4680. The fourth-order valence-electron chi connectivity index (χ4n) is 17.6. The molecule has 0 bridgehead atoms. The summed E-state index contributed by atoms with van der Waals surface area (Å²) in [6.07, 6.45) is 1.73. The molecule has 0 aliphatic carbocycles. The van der Waals surface area contributed by atoms with Crippen LogP contribution in [0.2, 0.25) is 5.02 Å². The average molecular weight is 2030 g/mol. The highest BCUT2D eigenvalue weighted by molar-refractivity contribution is 8.76. The number of carbonyl (C=O) groups excluding carboxylic acids is 18. The third-order valence-corrected chi connectivity index (χ3v) is 27.9. The van der Waals surface area contributed by atoms with E-state index in [1.54, 1.807) is 82.3 Å². The summed E-state index contributed by atoms with van der Waals surface area (Å²) in [7, 11) is 1.93. The van der Waals surface area contributed by atoms with E-state index >= 15 is 38.4 Å². The van der Waals surface area contributed by atoms with Crippen molar-refractivity contribution in [3.63, 3.8) is 0 Å². The summed E-state index contributed by atoms with van der Waals surface area (Å²) in [5, 5.41) is 66.6. The Balaban J connectivity index is 1.35. The van der Waals surface area contributed by atoms with Gasteiger partial charge in [0.1, 0.15) is 102 Å². The van der Waals surface area contributed by atoms with Gasteiger partial charge in [-0.25, -0.2) is 0 Å². The Labute approximate surface area is 835 Å². The molecule has 0 aromatic heterocycles. The monoisotopic (exact) mass is 2030 g/mol. The lowest BCUT2D eigenvalue weighted by Gasteiger charge is -2.33. The van der Waals surface area contributed by atoms with Crippen molar-refractivity contribution in [3.8, 4) is 0 Å². The van der Waals surface area contributed by atoms with Crippen LogP contribution in [0, 0.1) is 17.2 Å². The number of aliphatic hydroxyl groups is 1. The number of unbranched alkanes of at least 4 members (excludes halogenated alkanes) is 3. The first-order valence-electron chi connectivity index (χ1n) is 48.8. The molecular weight excluding hydrogens is 1890 g/mol. The summed E-state index contributed by atoms with van der Waals surface area (Å²) in [4.78, 5) is 282. The van der Waals surface area contributed by atoms with E-state index in [9.17, 15) is 63.0 Å². The number of likely N-dealkylation sites (tertiary alicyclic amines) is 3. The minimum atomic E-state index is -1.92. The second-order valence-electron chi connectivity index (χ2n) is 37.7. The van der Waals surface area contributed by atoms with E-state index in [1.807, 2.05) is 6.92 Å². The van der Waals surface area contributed by atoms with Gasteiger partial charge >= 0.3 is 5.97 Å². The van der Waals surface area contributed by atoms with Crippen LogP contribution in [0.15, 0.2) is 54.6 Å². The van der Waals surface area contributed by atoms with Crippen molar-refractivity contribution < 1.29 is 101 Å². The van der Waals surface area contributed by atoms with Gasteiger partial charge in [0.05, 0.1) is 6.61 Å². The molecule has 44 nitrogen and oxygen atoms in total. The topological polar surface area (TPSA) is 674 Å². The summed E-state index contributed by atoms with van der Waals surface area (Å²) in [5.41, 5.74) is 22.2. The zero-order valence-electron chi connectivity index (χ0n) is 81.8. The Kier molecular flexibility index (Phi) is 48.1. The first-order valence-corrected chi connectivity index (χ1v) is 51.7. The van der Waals surface area contributed by atoms with Gasteiger partial charge in [-0.1, -0.05) is 123 Å². The molecule has 5 aliphatic rings. The van der Waals surface area contributed by atoms with Crippen molar-refractivity contribution in [1.82, 2.24) is 94.0 Å². The number of nitrogens with one attached hydrogen (secondary N) is 15. The molecule has 5 fully saturated rings. The van der Waals surface area contributed by atoms with Gasteiger partial charge in [0.25, 0.3) is 0 Å². The number of rotatable bonds is 39. The highest BCUT2D eigenvalue weighted by atomic mass is 35.5. The van der Waals surface area contributed by atoms with Crippen molar-refractivity contribution in [2.75, 3.05) is 63.9 Å². The number of carboxylic acids is 1. The van der Waals surface area contributed by atoms with Crippen LogP contribution in [-0.2, 0) is 104 Å². The summed E-state index contributed by atoms with van der Waals surface area (Å²) < 4.78 is 0. The standard InChI is InChI=1S/C94H146ClN23O21S2/c1-9-10-28-63-88(135)115-42-22-34-72(115)87(134)114-94(7,8)92(139)113-68(51-119)83(130)110-66(49-56-24-12-11-13-25-56)82(129)112-69(84(131)108-64(30-15-17-40-97)89(136)118-45-23-35-73(118)90(137)116-43-20-32-70(116)85(132)103-59(76(98)123)36-37-74(121)122)52-141-140-46-38-62(79(126)109-65(47-53(2)3)80(127)105-61(31-19-41-101-93(99)100)77(124)104-60(78(125)107-63)29-14-16-39-96)106-81(128)67(50-57-26-18-27-58(95)48-57)111-86(133)71-33-21-44-117(71)91(138)75(54(4)5)102-55(6)120/h11-13,18,24-27,48,53-54,59-73,75,119H,9-10,14-17,19-23,28-47,49-52,96-97H2,1-8H3,(H2,98,123)(H,102,120)(H,103,132)(H,104,124)(H,105,127)(H,106,128)(H,107,125)(H,108,131)(H,109,126)(H,110,130)(H,111,133)(H,112,129)(H,113,139)(H,114,134)(H,121,122)(H4,99,100,101)/t59-,60+,61-,62?,63-,64?,65-,66-,67-,68-,69-,70-,71-,72-,73-,75-/m0/s1. The van der Waals surface area contributed by atoms with Gasteiger partial charge in [-0.15, -0.1) is 0 Å². The molecule has 0 radical (unpaired) electrons. The van der Waals surface area contributed by atoms with E-state index in [4.69, 9.17) is 39.9 Å². The predicted molar refractivity (Wildman–Crippen MR) is 527 cm³/mol. The molecule has 7 rings (SSSR count). The number of aliphatic hydroxyl groups excluding tert-OH is 1. The molecule has 5 heterocycles. The second-order valence-corrected chi connectivity index (χ2v) is 40.8. The van der Waals surface area contributed by atoms with Crippen LogP contribution in [-0.4, -0.2) is 314 Å². The van der Waals surface area contributed by atoms with E-state index in [1.165, 1.54) is 40.4 Å². The van der Waals surface area contributed by atoms with Crippen molar-refractivity contribution in [1.29, 1.82) is 5.41 Å². The van der Waals surface area contributed by atoms with Crippen molar-refractivity contribution in [2.45, 2.75) is 318 Å². The van der Waals surface area contributed by atoms with Crippen LogP contribution in [0.4, 0.5) is 0 Å². The highest BCUT2D eigenvalue weighted by Crippen LogP contribution is 2.31. The number of hydrogen-bond acceptors (Lipinski definition) is 25. The number of amides is 18. The molecule has 47 heteroatoms. The molecule has 0 saturated carbocycles. The number of hydrogen-bond donors (Lipinski definition) is 21. The van der Waals surface area contributed by atoms with Gasteiger partial charge in [-0.05, 0) is 190 Å². The van der Waals surface area contributed by atoms with Crippen LogP contribution in [0.3, 0.4) is 0 Å². The minimum absolute atomic E-state index is 0.00753. The number of halogens is 1. The van der Waals surface area contributed by atoms with Gasteiger partial charge in [0, 0.05) is 75.4 Å². The first-order chi connectivity index (χ1) is 67.0. The lowest BCUT2D eigenvalue weighted by Crippen LogP contribution is -2.63. The molecule has 18 amide bonds. The highest BCUT2D eigenvalue weighted by Gasteiger charge is 2.48.